The highest BCUT2D eigenvalue weighted by Gasteiger charge is 2.32. The van der Waals surface area contributed by atoms with Gasteiger partial charge in [0.25, 0.3) is 0 Å². The van der Waals surface area contributed by atoms with E-state index in [1.165, 1.54) is 44.9 Å². The van der Waals surface area contributed by atoms with Crippen LogP contribution in [0.3, 0.4) is 0 Å². The van der Waals surface area contributed by atoms with Crippen LogP contribution in [0.25, 0.3) is 0 Å². The second kappa shape index (κ2) is 10.7. The predicted molar refractivity (Wildman–Crippen MR) is 97.0 cm³/mol. The van der Waals surface area contributed by atoms with E-state index in [2.05, 4.69) is 17.1 Å². The highest BCUT2D eigenvalue weighted by atomic mass is 16.3. The van der Waals surface area contributed by atoms with E-state index >= 15 is 0 Å². The third kappa shape index (κ3) is 6.26. The minimum Gasteiger partial charge on any atom is -0.395 e. The number of nitrogens with zero attached hydrogens (tertiary/aromatic N) is 1. The lowest BCUT2D eigenvalue weighted by molar-refractivity contribution is -0.0710. The van der Waals surface area contributed by atoms with Gasteiger partial charge in [-0.2, -0.15) is 0 Å². The zero-order chi connectivity index (χ0) is 17.4. The standard InChI is InChI=1S/C19H38N2O3/c1-15-8-4-5-9-17(15)20-10-6-2-3-7-11-21-13-19(24)18(23)12-16(21)14-22/h15-20,22-24H,2-14H2,1H3. The molecule has 142 valence electrons. The molecule has 2 rings (SSSR count). The van der Waals surface area contributed by atoms with Gasteiger partial charge in [-0.15, -0.1) is 0 Å². The van der Waals surface area contributed by atoms with Crippen LogP contribution in [0.5, 0.6) is 0 Å². The number of unbranched alkanes of at least 4 members (excludes halogenated alkanes) is 3. The van der Waals surface area contributed by atoms with Crippen molar-refractivity contribution in [3.63, 3.8) is 0 Å². The van der Waals surface area contributed by atoms with Crippen molar-refractivity contribution in [2.24, 2.45) is 5.92 Å². The molecule has 1 saturated heterocycles. The fraction of sp³-hybridized carbons (Fsp3) is 1.00. The Morgan fingerprint density at radius 3 is 2.50 bits per heavy atom. The molecule has 5 unspecified atom stereocenters. The van der Waals surface area contributed by atoms with Crippen LogP contribution in [0.4, 0.5) is 0 Å². The Hall–Kier alpha value is -0.200. The van der Waals surface area contributed by atoms with Gasteiger partial charge in [0, 0.05) is 18.6 Å². The molecule has 4 N–H and O–H groups in total. The highest BCUT2D eigenvalue weighted by molar-refractivity contribution is 4.86. The Morgan fingerprint density at radius 1 is 1.00 bits per heavy atom. The maximum Gasteiger partial charge on any atom is 0.0926 e. The van der Waals surface area contributed by atoms with Gasteiger partial charge in [-0.3, -0.25) is 4.90 Å². The Labute approximate surface area is 147 Å². The van der Waals surface area contributed by atoms with Crippen LogP contribution in [-0.2, 0) is 0 Å². The van der Waals surface area contributed by atoms with E-state index in [-0.39, 0.29) is 12.6 Å². The van der Waals surface area contributed by atoms with Crippen molar-refractivity contribution >= 4 is 0 Å². The molecule has 5 atom stereocenters. The molecule has 1 aliphatic carbocycles. The number of aliphatic hydroxyl groups excluding tert-OH is 3. The van der Waals surface area contributed by atoms with E-state index in [1.807, 2.05) is 0 Å². The zero-order valence-electron chi connectivity index (χ0n) is 15.4. The second-order valence-corrected chi connectivity index (χ2v) is 7.94. The number of aliphatic hydroxyl groups is 3. The van der Waals surface area contributed by atoms with Crippen molar-refractivity contribution in [1.82, 2.24) is 10.2 Å². The van der Waals surface area contributed by atoms with E-state index < -0.39 is 12.2 Å². The molecule has 0 radical (unpaired) electrons. The molecule has 1 heterocycles. The number of hydrogen-bond donors (Lipinski definition) is 4. The minimum absolute atomic E-state index is 0.00199. The predicted octanol–water partition coefficient (Wildman–Crippen LogP) is 1.50. The normalized spacial score (nSPS) is 35.2. The van der Waals surface area contributed by atoms with Crippen molar-refractivity contribution in [3.8, 4) is 0 Å². The molecule has 5 heteroatoms. The largest absolute Gasteiger partial charge is 0.395 e. The summed E-state index contributed by atoms with van der Waals surface area (Å²) in [6.45, 7) is 4.95. The van der Waals surface area contributed by atoms with Crippen LogP contribution >= 0.6 is 0 Å². The lowest BCUT2D eigenvalue weighted by atomic mass is 9.86. The summed E-state index contributed by atoms with van der Waals surface area (Å²) in [6, 6.07) is 0.725. The van der Waals surface area contributed by atoms with Gasteiger partial charge in [-0.25, -0.2) is 0 Å². The van der Waals surface area contributed by atoms with Crippen molar-refractivity contribution in [1.29, 1.82) is 0 Å². The third-order valence-corrected chi connectivity index (χ3v) is 6.00. The molecular formula is C19H38N2O3. The van der Waals surface area contributed by atoms with E-state index in [4.69, 9.17) is 0 Å². The Kier molecular flexibility index (Phi) is 8.98. The van der Waals surface area contributed by atoms with E-state index in [9.17, 15) is 15.3 Å². The summed E-state index contributed by atoms with van der Waals surface area (Å²) >= 11 is 0. The Balaban J connectivity index is 1.51. The fourth-order valence-electron chi connectivity index (χ4n) is 4.26. The molecule has 2 fully saturated rings. The van der Waals surface area contributed by atoms with Gasteiger partial charge in [0.05, 0.1) is 18.8 Å². The van der Waals surface area contributed by atoms with Gasteiger partial charge in [0.2, 0.25) is 0 Å². The monoisotopic (exact) mass is 342 g/mol. The lowest BCUT2D eigenvalue weighted by Gasteiger charge is -2.39. The van der Waals surface area contributed by atoms with Crippen LogP contribution in [0.15, 0.2) is 0 Å². The van der Waals surface area contributed by atoms with Crippen molar-refractivity contribution in [2.45, 2.75) is 89.0 Å². The number of nitrogens with one attached hydrogen (secondary N) is 1. The third-order valence-electron chi connectivity index (χ3n) is 6.00. The molecule has 0 aromatic heterocycles. The molecule has 0 aromatic rings. The van der Waals surface area contributed by atoms with Crippen molar-refractivity contribution in [3.05, 3.63) is 0 Å². The maximum atomic E-state index is 9.80. The van der Waals surface area contributed by atoms with Crippen LogP contribution in [0.1, 0.15) is 64.7 Å². The molecule has 0 aromatic carbocycles. The molecular weight excluding hydrogens is 304 g/mol. The van der Waals surface area contributed by atoms with Gasteiger partial charge < -0.3 is 20.6 Å². The van der Waals surface area contributed by atoms with Crippen LogP contribution in [0, 0.1) is 5.92 Å². The number of rotatable bonds is 9. The Bertz CT molecular complexity index is 343. The van der Waals surface area contributed by atoms with Gasteiger partial charge in [0.1, 0.15) is 0 Å². The molecule has 5 nitrogen and oxygen atoms in total. The number of piperidine rings is 1. The lowest BCUT2D eigenvalue weighted by Crippen LogP contribution is -2.53. The average molecular weight is 343 g/mol. The molecule has 0 bridgehead atoms. The summed E-state index contributed by atoms with van der Waals surface area (Å²) in [4.78, 5) is 2.14. The number of hydrogen-bond acceptors (Lipinski definition) is 5. The maximum absolute atomic E-state index is 9.80. The first-order valence-electron chi connectivity index (χ1n) is 10.1. The first-order chi connectivity index (χ1) is 11.6. The molecule has 1 saturated carbocycles. The second-order valence-electron chi connectivity index (χ2n) is 7.94. The fourth-order valence-corrected chi connectivity index (χ4v) is 4.26. The highest BCUT2D eigenvalue weighted by Crippen LogP contribution is 2.23. The minimum atomic E-state index is -0.688. The zero-order valence-corrected chi connectivity index (χ0v) is 15.4. The van der Waals surface area contributed by atoms with Crippen molar-refractivity contribution < 1.29 is 15.3 Å². The molecule has 24 heavy (non-hydrogen) atoms. The topological polar surface area (TPSA) is 76.0 Å². The number of likely N-dealkylation sites (tertiary alicyclic amines) is 1. The summed E-state index contributed by atoms with van der Waals surface area (Å²) in [6.07, 6.45) is 9.36. The van der Waals surface area contributed by atoms with Crippen molar-refractivity contribution in [2.75, 3.05) is 26.2 Å². The number of β-amino-alcohol motifs (C(OH)–C–C–N with tert-alkyl or cyclic N) is 1. The smallest absolute Gasteiger partial charge is 0.0926 e. The summed E-state index contributed by atoms with van der Waals surface area (Å²) < 4.78 is 0. The van der Waals surface area contributed by atoms with Crippen LogP contribution in [0.2, 0.25) is 0 Å². The summed E-state index contributed by atoms with van der Waals surface area (Å²) in [7, 11) is 0. The molecule has 2 aliphatic rings. The molecule has 1 aliphatic heterocycles. The van der Waals surface area contributed by atoms with Gasteiger partial charge >= 0.3 is 0 Å². The van der Waals surface area contributed by atoms with Gasteiger partial charge in [0.15, 0.2) is 0 Å². The van der Waals surface area contributed by atoms with Gasteiger partial charge in [-0.1, -0.05) is 32.6 Å². The van der Waals surface area contributed by atoms with E-state index in [0.29, 0.717) is 13.0 Å². The molecule has 0 spiro atoms. The first kappa shape index (κ1) is 20.1. The Morgan fingerprint density at radius 2 is 1.75 bits per heavy atom. The first-order valence-corrected chi connectivity index (χ1v) is 10.1. The molecule has 0 amide bonds. The van der Waals surface area contributed by atoms with Crippen LogP contribution in [-0.4, -0.2) is 70.8 Å². The van der Waals surface area contributed by atoms with E-state index in [1.54, 1.807) is 0 Å². The van der Waals surface area contributed by atoms with Crippen LogP contribution < -0.4 is 5.32 Å². The summed E-state index contributed by atoms with van der Waals surface area (Å²) in [5, 5.41) is 32.7. The average Bonchev–Trinajstić information content (AvgIpc) is 2.58. The van der Waals surface area contributed by atoms with E-state index in [0.717, 1.165) is 31.5 Å². The quantitative estimate of drug-likeness (QED) is 0.478. The summed E-state index contributed by atoms with van der Waals surface area (Å²) in [5.41, 5.74) is 0. The van der Waals surface area contributed by atoms with Gasteiger partial charge in [-0.05, 0) is 51.1 Å². The summed E-state index contributed by atoms with van der Waals surface area (Å²) in [5.74, 6) is 0.829. The SMILES string of the molecule is CC1CCCCC1NCCCCCCN1CC(O)C(O)CC1CO.